The lowest BCUT2D eigenvalue weighted by molar-refractivity contribution is -0.116. The molecule has 8 heteroatoms. The van der Waals surface area contributed by atoms with Gasteiger partial charge in [0.15, 0.2) is 11.0 Å². The maximum Gasteiger partial charge on any atom is 0.251 e. The third-order valence-corrected chi connectivity index (χ3v) is 6.79. The molecule has 0 radical (unpaired) electrons. The van der Waals surface area contributed by atoms with E-state index in [1.807, 2.05) is 66.6 Å². The second kappa shape index (κ2) is 10.2. The van der Waals surface area contributed by atoms with Crippen LogP contribution in [0.2, 0.25) is 0 Å². The van der Waals surface area contributed by atoms with Crippen molar-refractivity contribution in [3.05, 3.63) is 71.5 Å². The highest BCUT2D eigenvalue weighted by atomic mass is 32.2. The molecule has 1 atom stereocenters. The van der Waals surface area contributed by atoms with Gasteiger partial charge in [0, 0.05) is 24.3 Å². The Hall–Kier alpha value is -3.13. The zero-order chi connectivity index (χ0) is 23.4. The molecule has 1 unspecified atom stereocenters. The molecule has 172 valence electrons. The summed E-state index contributed by atoms with van der Waals surface area (Å²) in [4.78, 5) is 27.6. The number of thioether (sulfide) groups is 1. The van der Waals surface area contributed by atoms with Gasteiger partial charge >= 0.3 is 0 Å². The van der Waals surface area contributed by atoms with Crippen molar-refractivity contribution >= 4 is 29.3 Å². The minimum atomic E-state index is -0.291. The Bertz CT molecular complexity index is 1130. The lowest BCUT2D eigenvalue weighted by Crippen LogP contribution is -2.33. The molecule has 0 fully saturated rings. The molecule has 2 heterocycles. The van der Waals surface area contributed by atoms with E-state index in [2.05, 4.69) is 21.6 Å². The number of nitrogens with one attached hydrogen (secondary N) is 1. The zero-order valence-electron chi connectivity index (χ0n) is 19.2. The van der Waals surface area contributed by atoms with Crippen LogP contribution in [0.3, 0.4) is 0 Å². The van der Waals surface area contributed by atoms with Gasteiger partial charge in [-0.05, 0) is 43.0 Å². The third kappa shape index (κ3) is 4.95. The fourth-order valence-corrected chi connectivity index (χ4v) is 4.96. The minimum absolute atomic E-state index is 0.0648. The quantitative estimate of drug-likeness (QED) is 0.509. The highest BCUT2D eigenvalue weighted by Gasteiger charge is 2.28. The number of benzene rings is 2. The number of fused-ring (bicyclic) bond motifs is 1. The number of nitrogens with zero attached hydrogens (tertiary/aromatic N) is 4. The Morgan fingerprint density at radius 2 is 1.79 bits per heavy atom. The number of para-hydroxylation sites is 1. The molecule has 0 saturated heterocycles. The van der Waals surface area contributed by atoms with Gasteiger partial charge in [-0.15, -0.1) is 10.2 Å². The van der Waals surface area contributed by atoms with Gasteiger partial charge in [-0.1, -0.05) is 62.0 Å². The zero-order valence-corrected chi connectivity index (χ0v) is 20.0. The Labute approximate surface area is 198 Å². The van der Waals surface area contributed by atoms with Crippen LogP contribution in [-0.4, -0.2) is 38.9 Å². The fourth-order valence-electron chi connectivity index (χ4n) is 4.08. The first-order valence-electron chi connectivity index (χ1n) is 11.3. The van der Waals surface area contributed by atoms with Gasteiger partial charge in [0.05, 0.1) is 11.8 Å². The molecule has 3 aromatic rings. The van der Waals surface area contributed by atoms with E-state index in [0.29, 0.717) is 29.6 Å². The van der Waals surface area contributed by atoms with E-state index in [4.69, 9.17) is 0 Å². The maximum absolute atomic E-state index is 12.9. The van der Waals surface area contributed by atoms with E-state index in [9.17, 15) is 9.59 Å². The number of aromatic nitrogens is 3. The first-order valence-corrected chi connectivity index (χ1v) is 12.3. The van der Waals surface area contributed by atoms with Crippen molar-refractivity contribution < 1.29 is 9.59 Å². The smallest absolute Gasteiger partial charge is 0.251 e. The molecule has 7 nitrogen and oxygen atoms in total. The molecule has 1 aliphatic heterocycles. The second-order valence-corrected chi connectivity index (χ2v) is 9.30. The largest absolute Gasteiger partial charge is 0.342 e. The van der Waals surface area contributed by atoms with Crippen molar-refractivity contribution in [1.82, 2.24) is 20.1 Å². The summed E-state index contributed by atoms with van der Waals surface area (Å²) in [5.74, 6) is 1.04. The Morgan fingerprint density at radius 3 is 2.52 bits per heavy atom. The van der Waals surface area contributed by atoms with Crippen molar-refractivity contribution in [3.8, 4) is 0 Å². The molecular weight excluding hydrogens is 434 g/mol. The van der Waals surface area contributed by atoms with Crippen molar-refractivity contribution in [3.63, 3.8) is 0 Å². The van der Waals surface area contributed by atoms with E-state index >= 15 is 0 Å². The Balaban J connectivity index is 1.47. The molecular formula is C25H29N5O2S. The first kappa shape index (κ1) is 23.0. The van der Waals surface area contributed by atoms with Gasteiger partial charge in [-0.3, -0.25) is 9.59 Å². The van der Waals surface area contributed by atoms with E-state index in [0.717, 1.165) is 12.1 Å². The van der Waals surface area contributed by atoms with E-state index in [-0.39, 0.29) is 29.5 Å². The molecule has 0 bridgehead atoms. The van der Waals surface area contributed by atoms with Crippen molar-refractivity contribution in [2.75, 3.05) is 17.2 Å². The molecule has 1 N–H and O–H groups in total. The topological polar surface area (TPSA) is 80.1 Å². The molecule has 2 amide bonds. The summed E-state index contributed by atoms with van der Waals surface area (Å²) >= 11 is 1.39. The van der Waals surface area contributed by atoms with E-state index in [1.165, 1.54) is 17.3 Å². The van der Waals surface area contributed by atoms with E-state index < -0.39 is 0 Å². The predicted octanol–water partition coefficient (Wildman–Crippen LogP) is 4.11. The van der Waals surface area contributed by atoms with Crippen LogP contribution in [0.25, 0.3) is 0 Å². The van der Waals surface area contributed by atoms with Crippen molar-refractivity contribution in [1.29, 1.82) is 0 Å². The number of rotatable bonds is 8. The molecule has 33 heavy (non-hydrogen) atoms. The molecule has 4 rings (SSSR count). The molecule has 0 saturated carbocycles. The number of carbonyl (C=O) groups excluding carboxylic acids is 2. The standard InChI is InChI=1S/C25H29N5O2S/c1-4-29-23(22(17(2)3)26-24(32)19-11-6-5-7-12-19)27-28-25(29)33-16-21(31)30-15-14-18-10-8-9-13-20(18)30/h5-13,17,22H,4,14-16H2,1-3H3,(H,26,32). The van der Waals surface area contributed by atoms with Crippen LogP contribution in [-0.2, 0) is 17.8 Å². The van der Waals surface area contributed by atoms with Crippen LogP contribution in [0, 0.1) is 5.92 Å². The Morgan fingerprint density at radius 1 is 1.06 bits per heavy atom. The molecule has 1 aliphatic rings. The summed E-state index contributed by atoms with van der Waals surface area (Å²) in [5.41, 5.74) is 2.82. The Kier molecular flexibility index (Phi) is 7.13. The van der Waals surface area contributed by atoms with Gasteiger partial charge in [0.2, 0.25) is 5.91 Å². The minimum Gasteiger partial charge on any atom is -0.342 e. The molecule has 2 aromatic carbocycles. The molecule has 0 aliphatic carbocycles. The number of amides is 2. The third-order valence-electron chi connectivity index (χ3n) is 5.84. The van der Waals surface area contributed by atoms with Crippen LogP contribution in [0.15, 0.2) is 59.8 Å². The normalized spacial score (nSPS) is 13.8. The summed E-state index contributed by atoms with van der Waals surface area (Å²) in [6.45, 7) is 7.48. The van der Waals surface area contributed by atoms with Gasteiger partial charge in [0.1, 0.15) is 0 Å². The monoisotopic (exact) mass is 463 g/mol. The summed E-state index contributed by atoms with van der Waals surface area (Å²) in [6.07, 6.45) is 0.888. The van der Waals surface area contributed by atoms with Crippen molar-refractivity contribution in [2.45, 2.75) is 44.9 Å². The second-order valence-electron chi connectivity index (χ2n) is 8.36. The molecule has 1 aromatic heterocycles. The van der Waals surface area contributed by atoms with Gasteiger partial charge in [-0.2, -0.15) is 0 Å². The van der Waals surface area contributed by atoms with Gasteiger partial charge in [-0.25, -0.2) is 0 Å². The molecule has 0 spiro atoms. The van der Waals surface area contributed by atoms with Crippen molar-refractivity contribution in [2.24, 2.45) is 5.92 Å². The average molecular weight is 464 g/mol. The summed E-state index contributed by atoms with van der Waals surface area (Å²) < 4.78 is 1.99. The average Bonchev–Trinajstić information content (AvgIpc) is 3.45. The number of anilines is 1. The van der Waals surface area contributed by atoms with Crippen LogP contribution in [0.1, 0.15) is 48.6 Å². The summed E-state index contributed by atoms with van der Waals surface area (Å²) in [5, 5.41) is 12.6. The van der Waals surface area contributed by atoms with Crippen LogP contribution >= 0.6 is 11.8 Å². The van der Waals surface area contributed by atoms with Gasteiger partial charge < -0.3 is 14.8 Å². The SMILES string of the molecule is CCn1c(SCC(=O)N2CCc3ccccc32)nnc1C(NC(=O)c1ccccc1)C(C)C. The number of carbonyl (C=O) groups is 2. The van der Waals surface area contributed by atoms with Gasteiger partial charge in [0.25, 0.3) is 5.91 Å². The fraction of sp³-hybridized carbons (Fsp3) is 0.360. The number of hydrogen-bond acceptors (Lipinski definition) is 5. The van der Waals surface area contributed by atoms with Crippen LogP contribution < -0.4 is 10.2 Å². The summed E-state index contributed by atoms with van der Waals surface area (Å²) in [6, 6.07) is 16.9. The lowest BCUT2D eigenvalue weighted by Gasteiger charge is -2.22. The predicted molar refractivity (Wildman–Crippen MR) is 130 cm³/mol. The highest BCUT2D eigenvalue weighted by Crippen LogP contribution is 2.30. The maximum atomic E-state index is 12.9. The highest BCUT2D eigenvalue weighted by molar-refractivity contribution is 7.99. The lowest BCUT2D eigenvalue weighted by atomic mass is 10.0. The summed E-state index contributed by atoms with van der Waals surface area (Å²) in [7, 11) is 0. The number of hydrogen-bond donors (Lipinski definition) is 1. The van der Waals surface area contributed by atoms with Crippen LogP contribution in [0.4, 0.5) is 5.69 Å². The van der Waals surface area contributed by atoms with E-state index in [1.54, 1.807) is 12.1 Å². The van der Waals surface area contributed by atoms with Crippen LogP contribution in [0.5, 0.6) is 0 Å². The first-order chi connectivity index (χ1) is 16.0.